The van der Waals surface area contributed by atoms with E-state index in [1.807, 2.05) is 40.7 Å². The zero-order valence-electron chi connectivity index (χ0n) is 23.5. The van der Waals surface area contributed by atoms with E-state index in [9.17, 15) is 9.59 Å². The van der Waals surface area contributed by atoms with E-state index in [-0.39, 0.29) is 11.2 Å². The van der Waals surface area contributed by atoms with Crippen molar-refractivity contribution in [2.45, 2.75) is 68.7 Å². The Kier molecular flexibility index (Phi) is 31.3. The molecule has 0 aliphatic heterocycles. The minimum Gasteiger partial charge on any atom is -0.397 e. The molecule has 212 valence electrons. The summed E-state index contributed by atoms with van der Waals surface area (Å²) < 4.78 is 4.27. The summed E-state index contributed by atoms with van der Waals surface area (Å²) in [6, 6.07) is 3.73. The van der Waals surface area contributed by atoms with Gasteiger partial charge in [0.25, 0.3) is 5.24 Å². The number of hydrogen-bond donors (Lipinski definition) is 1. The van der Waals surface area contributed by atoms with Gasteiger partial charge in [-0.1, -0.05) is 93.6 Å². The van der Waals surface area contributed by atoms with Crippen LogP contribution < -0.4 is 5.73 Å². The van der Waals surface area contributed by atoms with Crippen molar-refractivity contribution < 1.29 is 9.59 Å². The summed E-state index contributed by atoms with van der Waals surface area (Å²) in [6.07, 6.45) is 7.19. The Morgan fingerprint density at radius 3 is 1.51 bits per heavy atom. The monoisotopic (exact) mass is 888 g/mol. The number of nitrogens with two attached hydrogens (primary N) is 1. The van der Waals surface area contributed by atoms with Crippen LogP contribution >= 0.6 is 88.6 Å². The third-order valence-electron chi connectivity index (χ3n) is 3.22. The molecule has 0 saturated carbocycles. The van der Waals surface area contributed by atoms with Crippen molar-refractivity contribution in [2.75, 3.05) is 14.6 Å². The van der Waals surface area contributed by atoms with Crippen LogP contribution in [0.4, 0.5) is 5.69 Å². The number of ketones is 1. The predicted molar refractivity (Wildman–Crippen MR) is 187 cm³/mol. The van der Waals surface area contributed by atoms with Crippen molar-refractivity contribution in [1.29, 1.82) is 0 Å². The fourth-order valence-corrected chi connectivity index (χ4v) is 2.23. The molecule has 2 N–H and O–H groups in total. The SMILES string of the molecule is CC.CC(C)(C)C(=O)Cc1cncc(Br)c1.CCI.CCI.Nc1cncc(Br)c1.[CH2+]C(C)(C)C(=O)Cl. The Morgan fingerprint density at radius 2 is 1.27 bits per heavy atom. The molecular weight excluding hydrogens is 847 g/mol. The van der Waals surface area contributed by atoms with Crippen molar-refractivity contribution in [2.24, 2.45) is 10.8 Å². The fourth-order valence-electron chi connectivity index (χ4n) is 1.43. The van der Waals surface area contributed by atoms with Gasteiger partial charge >= 0.3 is 0 Å². The second kappa shape index (κ2) is 26.3. The van der Waals surface area contributed by atoms with E-state index in [2.05, 4.69) is 108 Å². The highest BCUT2D eigenvalue weighted by Crippen LogP contribution is 2.19. The topological polar surface area (TPSA) is 85.9 Å². The Hall–Kier alpha value is 0.0200. The first-order valence-corrected chi connectivity index (χ1v) is 16.6. The lowest BCUT2D eigenvalue weighted by atomic mass is 9.87. The minimum atomic E-state index is -0.623. The third kappa shape index (κ3) is 32.1. The highest BCUT2D eigenvalue weighted by atomic mass is 127. The molecule has 0 aromatic carbocycles. The van der Waals surface area contributed by atoms with Crippen molar-refractivity contribution in [3.8, 4) is 0 Å². The molecule has 0 amide bonds. The van der Waals surface area contributed by atoms with Crippen molar-refractivity contribution >= 4 is 105 Å². The van der Waals surface area contributed by atoms with E-state index >= 15 is 0 Å². The van der Waals surface area contributed by atoms with Gasteiger partial charge in [0.05, 0.1) is 12.6 Å². The molecule has 0 aliphatic carbocycles. The lowest BCUT2D eigenvalue weighted by molar-refractivity contribution is -0.125. The van der Waals surface area contributed by atoms with E-state index in [0.717, 1.165) is 14.5 Å². The molecule has 10 heteroatoms. The van der Waals surface area contributed by atoms with Crippen molar-refractivity contribution in [3.05, 3.63) is 58.4 Å². The molecule has 0 radical (unpaired) electrons. The Balaban J connectivity index is -0.000000203. The Morgan fingerprint density at radius 1 is 0.919 bits per heavy atom. The van der Waals surface area contributed by atoms with Gasteiger partial charge in [-0.25, -0.2) is 0 Å². The number of alkyl halides is 2. The van der Waals surface area contributed by atoms with Gasteiger partial charge in [-0.3, -0.25) is 19.6 Å². The molecule has 2 aromatic heterocycles. The fraction of sp³-hybridized carbons (Fsp3) is 0.519. The van der Waals surface area contributed by atoms with Gasteiger partial charge in [-0.05, 0) is 83.9 Å². The summed E-state index contributed by atoms with van der Waals surface area (Å²) in [7, 11) is 0. The first-order valence-electron chi connectivity index (χ1n) is 11.6. The van der Waals surface area contributed by atoms with Crippen molar-refractivity contribution in [1.82, 2.24) is 9.97 Å². The molecule has 0 aliphatic rings. The molecule has 0 unspecified atom stereocenters. The number of aromatic nitrogens is 2. The number of pyridine rings is 2. The Bertz CT molecular complexity index is 841. The zero-order chi connectivity index (χ0) is 30.2. The number of nitrogen functional groups attached to an aromatic ring is 1. The highest BCUT2D eigenvalue weighted by molar-refractivity contribution is 14.1. The van der Waals surface area contributed by atoms with Crippen LogP contribution in [-0.2, 0) is 16.0 Å². The highest BCUT2D eigenvalue weighted by Gasteiger charge is 2.26. The predicted octanol–water partition coefficient (Wildman–Crippen LogP) is 9.95. The lowest BCUT2D eigenvalue weighted by Crippen LogP contribution is -2.22. The number of hydrogen-bond acceptors (Lipinski definition) is 5. The molecule has 0 bridgehead atoms. The first-order chi connectivity index (χ1) is 17.0. The van der Waals surface area contributed by atoms with Gasteiger partial charge in [-0.15, -0.1) is 0 Å². The largest absolute Gasteiger partial charge is 0.397 e. The van der Waals surface area contributed by atoms with E-state index in [4.69, 9.17) is 17.3 Å². The molecule has 2 aromatic rings. The second-order valence-electron chi connectivity index (χ2n) is 8.49. The molecule has 5 nitrogen and oxygen atoms in total. The lowest BCUT2D eigenvalue weighted by Gasteiger charge is -2.16. The molecule has 0 spiro atoms. The average Bonchev–Trinajstić information content (AvgIpc) is 2.76. The minimum absolute atomic E-state index is 0.234. The van der Waals surface area contributed by atoms with Crippen LogP contribution in [0.5, 0.6) is 0 Å². The van der Waals surface area contributed by atoms with Crippen LogP contribution in [0, 0.1) is 17.8 Å². The van der Waals surface area contributed by atoms with Crippen LogP contribution in [0.3, 0.4) is 0 Å². The number of anilines is 1. The average molecular weight is 891 g/mol. The molecule has 0 atom stereocenters. The molecule has 2 rings (SSSR count). The van der Waals surface area contributed by atoms with Crippen molar-refractivity contribution in [3.63, 3.8) is 0 Å². The summed E-state index contributed by atoms with van der Waals surface area (Å²) >= 11 is 16.2. The Labute approximate surface area is 274 Å². The van der Waals surface area contributed by atoms with Crippen LogP contribution in [0.15, 0.2) is 45.9 Å². The third-order valence-corrected chi connectivity index (χ3v) is 4.60. The van der Waals surface area contributed by atoms with Crippen LogP contribution in [0.25, 0.3) is 0 Å². The van der Waals surface area contributed by atoms with Gasteiger partial charge in [0, 0.05) is 45.6 Å². The number of nitrogens with zero attached hydrogens (tertiary/aromatic N) is 2. The van der Waals surface area contributed by atoms with E-state index in [1.165, 1.54) is 8.86 Å². The molecular formula is C27H43Br2ClI2N3O2+. The quantitative estimate of drug-likeness (QED) is 0.144. The molecule has 0 fully saturated rings. The maximum absolute atomic E-state index is 11.7. The maximum Gasteiger partial charge on any atom is 0.271 e. The second-order valence-corrected chi connectivity index (χ2v) is 13.7. The van der Waals surface area contributed by atoms with Gasteiger partial charge in [0.15, 0.2) is 5.41 Å². The van der Waals surface area contributed by atoms with Crippen LogP contribution in [0.1, 0.15) is 67.9 Å². The summed E-state index contributed by atoms with van der Waals surface area (Å²) in [5.41, 5.74) is 6.10. The standard InChI is InChI=1S/C11H14BrNO.C5H5BrN2.C5H8ClO.2C2H5I.C2H6/c1-11(2,3)10(14)5-8-4-9(12)7-13-6-8;6-4-1-5(7)3-8-2-4;1-5(2,3)4(6)7;2*1-2-3;1-2/h4,6-7H,5H2,1-3H3;1-3H,7H2;1H2,2-3H3;2*2H2,1H3;1-2H3/q;;+1;;;. The number of Topliss-reactive ketones (excluding diaryl/α,β-unsaturated/α-hetero) is 1. The van der Waals surface area contributed by atoms with Gasteiger partial charge in [-0.2, -0.15) is 0 Å². The van der Waals surface area contributed by atoms with Crippen LogP contribution in [-0.4, -0.2) is 29.8 Å². The summed E-state index contributed by atoms with van der Waals surface area (Å²) in [5.74, 6) is 0.234. The number of carbonyl (C=O) groups excluding carboxylic acids is 2. The van der Waals surface area contributed by atoms with E-state index in [0.29, 0.717) is 12.1 Å². The van der Waals surface area contributed by atoms with Crippen LogP contribution in [0.2, 0.25) is 0 Å². The van der Waals surface area contributed by atoms with E-state index in [1.54, 1.807) is 44.7 Å². The zero-order valence-corrected chi connectivity index (χ0v) is 31.7. The van der Waals surface area contributed by atoms with Gasteiger partial charge in [0.1, 0.15) is 5.78 Å². The molecule has 0 saturated heterocycles. The van der Waals surface area contributed by atoms with Gasteiger partial charge < -0.3 is 5.73 Å². The molecule has 37 heavy (non-hydrogen) atoms. The normalized spacial score (nSPS) is 9.57. The molecule has 2 heterocycles. The number of rotatable bonds is 3. The van der Waals surface area contributed by atoms with Gasteiger partial charge in [0.2, 0.25) is 0 Å². The summed E-state index contributed by atoms with van der Waals surface area (Å²) in [6.45, 7) is 20.8. The maximum atomic E-state index is 11.7. The summed E-state index contributed by atoms with van der Waals surface area (Å²) in [4.78, 5) is 29.7. The summed E-state index contributed by atoms with van der Waals surface area (Å²) in [5, 5.41) is -0.396. The number of halogens is 5. The van der Waals surface area contributed by atoms with E-state index < -0.39 is 10.7 Å². The first kappa shape index (κ1) is 44.1. The number of carbonyl (C=O) groups is 2. The smallest absolute Gasteiger partial charge is 0.271 e.